The van der Waals surface area contributed by atoms with E-state index < -0.39 is 0 Å². The zero-order chi connectivity index (χ0) is 16.8. The lowest BCUT2D eigenvalue weighted by atomic mass is 10.1. The third-order valence-corrected chi connectivity index (χ3v) is 6.11. The highest BCUT2D eigenvalue weighted by Gasteiger charge is 2.38. The van der Waals surface area contributed by atoms with Crippen LogP contribution in [0, 0.1) is 5.92 Å². The Morgan fingerprint density at radius 3 is 2.50 bits per heavy atom. The van der Waals surface area contributed by atoms with Crippen LogP contribution in [0.4, 0.5) is 0 Å². The quantitative estimate of drug-likeness (QED) is 0.703. The molecule has 2 N–H and O–H groups in total. The predicted octanol–water partition coefficient (Wildman–Crippen LogP) is 0.743. The first kappa shape index (κ1) is 17.7. The van der Waals surface area contributed by atoms with E-state index in [1.807, 2.05) is 4.90 Å². The molecule has 0 aromatic heterocycles. The molecule has 0 spiro atoms. The Bertz CT molecular complexity index is 426. The second-order valence-electron chi connectivity index (χ2n) is 7.94. The van der Waals surface area contributed by atoms with Crippen molar-refractivity contribution in [1.82, 2.24) is 10.2 Å². The van der Waals surface area contributed by atoms with Crippen LogP contribution in [0.3, 0.4) is 0 Å². The smallest absolute Gasteiger partial charge is 0.225 e. The van der Waals surface area contributed by atoms with Gasteiger partial charge in [-0.15, -0.1) is 0 Å². The second-order valence-corrected chi connectivity index (χ2v) is 7.94. The molecule has 2 amide bonds. The molecule has 0 aromatic rings. The molecule has 0 bridgehead atoms. The summed E-state index contributed by atoms with van der Waals surface area (Å²) in [6, 6.07) is 0.405. The van der Waals surface area contributed by atoms with E-state index in [-0.39, 0.29) is 17.7 Å². The van der Waals surface area contributed by atoms with Gasteiger partial charge in [-0.05, 0) is 38.5 Å². The first-order chi connectivity index (χ1) is 11.7. The van der Waals surface area contributed by atoms with E-state index in [1.54, 1.807) is 4.90 Å². The summed E-state index contributed by atoms with van der Waals surface area (Å²) >= 11 is 0. The maximum atomic E-state index is 12.4. The molecule has 0 unspecified atom stereocenters. The third-order valence-electron chi connectivity index (χ3n) is 6.11. The molecule has 0 aromatic carbocycles. The number of carbonyl (C=O) groups is 2. The number of likely N-dealkylation sites (tertiary alicyclic amines) is 2. The number of quaternary nitrogens is 1. The highest BCUT2D eigenvalue weighted by Crippen LogP contribution is 2.29. The fourth-order valence-corrected chi connectivity index (χ4v) is 4.65. The Morgan fingerprint density at radius 2 is 1.79 bits per heavy atom. The van der Waals surface area contributed by atoms with E-state index in [0.717, 1.165) is 32.4 Å². The van der Waals surface area contributed by atoms with Gasteiger partial charge in [0.25, 0.3) is 0 Å². The van der Waals surface area contributed by atoms with E-state index in [0.29, 0.717) is 19.0 Å². The van der Waals surface area contributed by atoms with Gasteiger partial charge in [0.05, 0.1) is 25.6 Å². The Hall–Kier alpha value is -1.10. The summed E-state index contributed by atoms with van der Waals surface area (Å²) in [5.74, 6) is 0.161. The van der Waals surface area contributed by atoms with E-state index in [2.05, 4.69) is 5.32 Å². The summed E-state index contributed by atoms with van der Waals surface area (Å²) < 4.78 is 0. The Labute approximate surface area is 146 Å². The fourth-order valence-electron chi connectivity index (χ4n) is 4.65. The van der Waals surface area contributed by atoms with Crippen molar-refractivity contribution in [2.24, 2.45) is 5.92 Å². The lowest BCUT2D eigenvalue weighted by molar-refractivity contribution is -0.899. The maximum absolute atomic E-state index is 12.4. The van der Waals surface area contributed by atoms with E-state index >= 15 is 0 Å². The molecule has 3 aliphatic rings. The average molecular weight is 337 g/mol. The number of hydrogen-bond acceptors (Lipinski definition) is 2. The van der Waals surface area contributed by atoms with Crippen LogP contribution >= 0.6 is 0 Å². The highest BCUT2D eigenvalue weighted by atomic mass is 16.2. The van der Waals surface area contributed by atoms with Gasteiger partial charge in [0.1, 0.15) is 0 Å². The minimum absolute atomic E-state index is 0.0923. The Kier molecular flexibility index (Phi) is 6.52. The first-order valence-corrected chi connectivity index (χ1v) is 10.1. The molecule has 1 atom stereocenters. The summed E-state index contributed by atoms with van der Waals surface area (Å²) in [5, 5.41) is 3.08. The second kappa shape index (κ2) is 8.84. The molecule has 24 heavy (non-hydrogen) atoms. The van der Waals surface area contributed by atoms with Gasteiger partial charge < -0.3 is 15.1 Å². The molecule has 1 aliphatic carbocycles. The summed E-state index contributed by atoms with van der Waals surface area (Å²) in [4.78, 5) is 28.2. The van der Waals surface area contributed by atoms with Crippen LogP contribution in [0.15, 0.2) is 0 Å². The Morgan fingerprint density at radius 1 is 1.08 bits per heavy atom. The van der Waals surface area contributed by atoms with Gasteiger partial charge in [-0.25, -0.2) is 0 Å². The van der Waals surface area contributed by atoms with Crippen molar-refractivity contribution in [2.75, 3.05) is 32.7 Å². The van der Waals surface area contributed by atoms with E-state index in [4.69, 9.17) is 0 Å². The molecule has 136 valence electrons. The van der Waals surface area contributed by atoms with Crippen molar-refractivity contribution in [2.45, 2.75) is 70.3 Å². The molecule has 0 radical (unpaired) electrons. The monoisotopic (exact) mass is 336 g/mol. The number of amides is 2. The van der Waals surface area contributed by atoms with Crippen LogP contribution in [0.5, 0.6) is 0 Å². The number of carbonyl (C=O) groups excluding carboxylic acids is 2. The van der Waals surface area contributed by atoms with Gasteiger partial charge in [0.15, 0.2) is 0 Å². The number of rotatable bonds is 6. The topological polar surface area (TPSA) is 53.9 Å². The molecule has 3 fully saturated rings. The number of hydrogen-bond donors (Lipinski definition) is 2. The third kappa shape index (κ3) is 4.71. The van der Waals surface area contributed by atoms with Crippen molar-refractivity contribution < 1.29 is 14.5 Å². The fraction of sp³-hybridized carbons (Fsp3) is 0.895. The molecule has 2 aliphatic heterocycles. The van der Waals surface area contributed by atoms with Gasteiger partial charge in [0, 0.05) is 32.0 Å². The largest absolute Gasteiger partial charge is 0.356 e. The van der Waals surface area contributed by atoms with Gasteiger partial charge in [0.2, 0.25) is 11.8 Å². The lowest BCUT2D eigenvalue weighted by Crippen LogP contribution is -3.11. The molecule has 1 saturated carbocycles. The average Bonchev–Trinajstić information content (AvgIpc) is 3.15. The Balaban J connectivity index is 1.34. The van der Waals surface area contributed by atoms with Crippen LogP contribution in [0.2, 0.25) is 0 Å². The zero-order valence-electron chi connectivity index (χ0n) is 15.0. The molecule has 2 saturated heterocycles. The van der Waals surface area contributed by atoms with Crippen LogP contribution in [0.1, 0.15) is 64.2 Å². The van der Waals surface area contributed by atoms with E-state index in [1.165, 1.54) is 51.6 Å². The van der Waals surface area contributed by atoms with Gasteiger partial charge >= 0.3 is 0 Å². The number of nitrogens with one attached hydrogen (secondary N) is 2. The standard InChI is InChI=1S/C19H33N3O2/c23-18-14-16(15-22(18)17-8-3-4-9-17)19(24)20-10-7-13-21-11-5-1-2-6-12-21/h16-17H,1-15H2,(H,20,24)/p+1/t16-/m0/s1. The van der Waals surface area contributed by atoms with Crippen molar-refractivity contribution in [3.8, 4) is 0 Å². The minimum Gasteiger partial charge on any atom is -0.356 e. The summed E-state index contributed by atoms with van der Waals surface area (Å²) in [7, 11) is 0. The first-order valence-electron chi connectivity index (χ1n) is 10.1. The van der Waals surface area contributed by atoms with Crippen molar-refractivity contribution in [3.05, 3.63) is 0 Å². The molecular formula is C19H34N3O2+. The number of nitrogens with zero attached hydrogens (tertiary/aromatic N) is 1. The summed E-state index contributed by atoms with van der Waals surface area (Å²) in [6.45, 7) is 5.16. The van der Waals surface area contributed by atoms with Crippen LogP contribution in [0.25, 0.3) is 0 Å². The maximum Gasteiger partial charge on any atom is 0.225 e. The van der Waals surface area contributed by atoms with Crippen molar-refractivity contribution in [1.29, 1.82) is 0 Å². The minimum atomic E-state index is -0.122. The molecule has 3 rings (SSSR count). The van der Waals surface area contributed by atoms with Gasteiger partial charge in [-0.1, -0.05) is 12.8 Å². The lowest BCUT2D eigenvalue weighted by Gasteiger charge is -2.23. The summed E-state index contributed by atoms with van der Waals surface area (Å²) in [5.41, 5.74) is 0. The predicted molar refractivity (Wildman–Crippen MR) is 93.7 cm³/mol. The van der Waals surface area contributed by atoms with E-state index in [9.17, 15) is 9.59 Å². The molecule has 5 heteroatoms. The normalized spacial score (nSPS) is 26.8. The molecule has 2 heterocycles. The van der Waals surface area contributed by atoms with Gasteiger partial charge in [-0.3, -0.25) is 9.59 Å². The molecule has 5 nitrogen and oxygen atoms in total. The van der Waals surface area contributed by atoms with Crippen LogP contribution < -0.4 is 10.2 Å². The SMILES string of the molecule is O=C(NCCC[NH+]1CCCCCC1)[C@H]1CC(=O)N(C2CCCC2)C1. The van der Waals surface area contributed by atoms with Crippen molar-refractivity contribution >= 4 is 11.8 Å². The van der Waals surface area contributed by atoms with Gasteiger partial charge in [-0.2, -0.15) is 0 Å². The van der Waals surface area contributed by atoms with Crippen LogP contribution in [-0.2, 0) is 9.59 Å². The van der Waals surface area contributed by atoms with Crippen LogP contribution in [-0.4, -0.2) is 55.5 Å². The highest BCUT2D eigenvalue weighted by molar-refractivity contribution is 5.89. The zero-order valence-corrected chi connectivity index (χ0v) is 15.0. The molecular weight excluding hydrogens is 302 g/mol. The summed E-state index contributed by atoms with van der Waals surface area (Å²) in [6.07, 6.45) is 11.6. The van der Waals surface area contributed by atoms with Crippen molar-refractivity contribution in [3.63, 3.8) is 0 Å².